The number of hydrogen-bond acceptors (Lipinski definition) is 3. The molecule has 0 saturated carbocycles. The van der Waals surface area contributed by atoms with Crippen molar-refractivity contribution in [2.24, 2.45) is 11.3 Å². The topological polar surface area (TPSA) is 28.2 Å². The molecule has 1 fully saturated rings. The molecule has 2 heterocycles. The maximum Gasteiger partial charge on any atom is 0.128 e. The van der Waals surface area contributed by atoms with Crippen molar-refractivity contribution in [3.05, 3.63) is 22.8 Å². The van der Waals surface area contributed by atoms with Gasteiger partial charge in [0.15, 0.2) is 0 Å². The predicted molar refractivity (Wildman–Crippen MR) is 86.4 cm³/mol. The number of pyridine rings is 1. The molecule has 1 aliphatic heterocycles. The van der Waals surface area contributed by atoms with E-state index in [-0.39, 0.29) is 0 Å². The first kappa shape index (κ1) is 15.6. The standard InChI is InChI=1S/C16H26ClN3/c1-12(2)9-18-10-14-13(17)5-6-15(19-14)20-8-7-16(3,4)11-20/h5-6,12,18H,7-11H2,1-4H3. The van der Waals surface area contributed by atoms with Crippen molar-refractivity contribution >= 4 is 17.4 Å². The molecule has 0 unspecified atom stereocenters. The van der Waals surface area contributed by atoms with Crippen LogP contribution in [0.5, 0.6) is 0 Å². The van der Waals surface area contributed by atoms with Gasteiger partial charge in [0.2, 0.25) is 0 Å². The molecule has 0 spiro atoms. The quantitative estimate of drug-likeness (QED) is 0.897. The molecule has 0 bridgehead atoms. The molecule has 0 aliphatic carbocycles. The van der Waals surface area contributed by atoms with Gasteiger partial charge < -0.3 is 10.2 Å². The Morgan fingerprint density at radius 2 is 2.15 bits per heavy atom. The highest BCUT2D eigenvalue weighted by Gasteiger charge is 2.30. The van der Waals surface area contributed by atoms with E-state index in [9.17, 15) is 0 Å². The Morgan fingerprint density at radius 3 is 2.75 bits per heavy atom. The summed E-state index contributed by atoms with van der Waals surface area (Å²) in [5.74, 6) is 1.69. The van der Waals surface area contributed by atoms with E-state index in [4.69, 9.17) is 16.6 Å². The number of hydrogen-bond donors (Lipinski definition) is 1. The summed E-state index contributed by atoms with van der Waals surface area (Å²) in [7, 11) is 0. The summed E-state index contributed by atoms with van der Waals surface area (Å²) in [6.07, 6.45) is 1.22. The zero-order chi connectivity index (χ0) is 14.8. The highest BCUT2D eigenvalue weighted by Crippen LogP contribution is 2.32. The van der Waals surface area contributed by atoms with Gasteiger partial charge in [-0.1, -0.05) is 39.3 Å². The molecule has 0 aromatic carbocycles. The fraction of sp³-hybridized carbons (Fsp3) is 0.688. The molecule has 20 heavy (non-hydrogen) atoms. The first-order chi connectivity index (χ1) is 9.37. The van der Waals surface area contributed by atoms with Crippen molar-refractivity contribution in [2.45, 2.75) is 40.7 Å². The minimum absolute atomic E-state index is 0.386. The lowest BCUT2D eigenvalue weighted by molar-refractivity contribution is 0.418. The third kappa shape index (κ3) is 4.10. The van der Waals surface area contributed by atoms with Crippen LogP contribution in [0.3, 0.4) is 0 Å². The monoisotopic (exact) mass is 295 g/mol. The van der Waals surface area contributed by atoms with Crippen LogP contribution < -0.4 is 10.2 Å². The van der Waals surface area contributed by atoms with Gasteiger partial charge in [-0.05, 0) is 36.4 Å². The summed E-state index contributed by atoms with van der Waals surface area (Å²) in [5, 5.41) is 4.16. The Morgan fingerprint density at radius 1 is 1.40 bits per heavy atom. The molecular weight excluding hydrogens is 270 g/mol. The minimum atomic E-state index is 0.386. The molecule has 4 heteroatoms. The lowest BCUT2D eigenvalue weighted by atomic mass is 9.93. The summed E-state index contributed by atoms with van der Waals surface area (Å²) in [5.41, 5.74) is 1.34. The number of rotatable bonds is 5. The zero-order valence-corrected chi connectivity index (χ0v) is 13.8. The van der Waals surface area contributed by atoms with Gasteiger partial charge >= 0.3 is 0 Å². The van der Waals surface area contributed by atoms with E-state index in [1.54, 1.807) is 0 Å². The Balaban J connectivity index is 2.05. The number of nitrogens with zero attached hydrogens (tertiary/aromatic N) is 2. The fourth-order valence-electron chi connectivity index (χ4n) is 2.56. The Bertz CT molecular complexity index is 457. The van der Waals surface area contributed by atoms with E-state index in [2.05, 4.69) is 37.9 Å². The molecule has 0 amide bonds. The van der Waals surface area contributed by atoms with Gasteiger partial charge in [-0.3, -0.25) is 0 Å². The number of halogens is 1. The Hall–Kier alpha value is -0.800. The van der Waals surface area contributed by atoms with E-state index in [1.165, 1.54) is 6.42 Å². The molecule has 0 radical (unpaired) electrons. The molecular formula is C16H26ClN3. The van der Waals surface area contributed by atoms with Crippen LogP contribution in [-0.2, 0) is 6.54 Å². The van der Waals surface area contributed by atoms with E-state index in [0.29, 0.717) is 11.3 Å². The number of anilines is 1. The van der Waals surface area contributed by atoms with Gasteiger partial charge in [-0.25, -0.2) is 4.98 Å². The van der Waals surface area contributed by atoms with Crippen molar-refractivity contribution in [3.8, 4) is 0 Å². The van der Waals surface area contributed by atoms with E-state index in [1.807, 2.05) is 12.1 Å². The van der Waals surface area contributed by atoms with Crippen LogP contribution in [0.1, 0.15) is 39.8 Å². The van der Waals surface area contributed by atoms with Crippen LogP contribution in [0.15, 0.2) is 12.1 Å². The van der Waals surface area contributed by atoms with E-state index < -0.39 is 0 Å². The third-order valence-electron chi connectivity index (χ3n) is 3.75. The van der Waals surface area contributed by atoms with Gasteiger partial charge in [-0.15, -0.1) is 0 Å². The largest absolute Gasteiger partial charge is 0.356 e. The molecule has 1 saturated heterocycles. The maximum absolute atomic E-state index is 6.25. The van der Waals surface area contributed by atoms with E-state index >= 15 is 0 Å². The van der Waals surface area contributed by atoms with E-state index in [0.717, 1.165) is 42.7 Å². The van der Waals surface area contributed by atoms with Crippen molar-refractivity contribution < 1.29 is 0 Å². The molecule has 1 aromatic rings. The fourth-order valence-corrected chi connectivity index (χ4v) is 2.73. The first-order valence-electron chi connectivity index (χ1n) is 7.48. The second kappa shape index (κ2) is 6.31. The van der Waals surface area contributed by atoms with Crippen molar-refractivity contribution in [3.63, 3.8) is 0 Å². The summed E-state index contributed by atoms with van der Waals surface area (Å²) >= 11 is 6.25. The lowest BCUT2D eigenvalue weighted by Crippen LogP contribution is -2.25. The molecule has 1 aromatic heterocycles. The predicted octanol–water partition coefficient (Wildman–Crippen LogP) is 3.72. The molecule has 3 nitrogen and oxygen atoms in total. The summed E-state index contributed by atoms with van der Waals surface area (Å²) < 4.78 is 0. The number of nitrogens with one attached hydrogen (secondary N) is 1. The van der Waals surface area contributed by atoms with Crippen molar-refractivity contribution in [1.29, 1.82) is 0 Å². The van der Waals surface area contributed by atoms with Crippen LogP contribution in [0.4, 0.5) is 5.82 Å². The molecule has 0 atom stereocenters. The normalized spacial score (nSPS) is 18.0. The highest BCUT2D eigenvalue weighted by molar-refractivity contribution is 6.31. The van der Waals surface area contributed by atoms with Crippen LogP contribution in [0.2, 0.25) is 5.02 Å². The molecule has 112 valence electrons. The van der Waals surface area contributed by atoms with Gasteiger partial charge in [0.25, 0.3) is 0 Å². The van der Waals surface area contributed by atoms with Crippen LogP contribution >= 0.6 is 11.6 Å². The lowest BCUT2D eigenvalue weighted by Gasteiger charge is -2.21. The van der Waals surface area contributed by atoms with Crippen molar-refractivity contribution in [1.82, 2.24) is 10.3 Å². The van der Waals surface area contributed by atoms with Gasteiger partial charge in [0, 0.05) is 19.6 Å². The average molecular weight is 296 g/mol. The zero-order valence-electron chi connectivity index (χ0n) is 13.0. The molecule has 1 aliphatic rings. The third-order valence-corrected chi connectivity index (χ3v) is 4.09. The summed E-state index contributed by atoms with van der Waals surface area (Å²) in [6.45, 7) is 12.9. The average Bonchev–Trinajstić information content (AvgIpc) is 2.72. The van der Waals surface area contributed by atoms with Crippen molar-refractivity contribution in [2.75, 3.05) is 24.5 Å². The van der Waals surface area contributed by atoms with Crippen LogP contribution in [0, 0.1) is 11.3 Å². The van der Waals surface area contributed by atoms with Gasteiger partial charge in [0.05, 0.1) is 10.7 Å². The smallest absolute Gasteiger partial charge is 0.128 e. The maximum atomic E-state index is 6.25. The van der Waals surface area contributed by atoms with Crippen LogP contribution in [0.25, 0.3) is 0 Å². The minimum Gasteiger partial charge on any atom is -0.356 e. The Kier molecular flexibility index (Phi) is 4.92. The second-order valence-electron chi connectivity index (χ2n) is 6.96. The van der Waals surface area contributed by atoms with Gasteiger partial charge in [-0.2, -0.15) is 0 Å². The second-order valence-corrected chi connectivity index (χ2v) is 7.37. The summed E-state index contributed by atoms with van der Waals surface area (Å²) in [6, 6.07) is 4.01. The SMILES string of the molecule is CC(C)CNCc1nc(N2CCC(C)(C)C2)ccc1Cl. The first-order valence-corrected chi connectivity index (χ1v) is 7.86. The summed E-state index contributed by atoms with van der Waals surface area (Å²) in [4.78, 5) is 7.11. The Labute approximate surface area is 127 Å². The van der Waals surface area contributed by atoms with Gasteiger partial charge in [0.1, 0.15) is 5.82 Å². The molecule has 1 N–H and O–H groups in total. The molecule has 2 rings (SSSR count). The van der Waals surface area contributed by atoms with Crippen LogP contribution in [-0.4, -0.2) is 24.6 Å². The number of aromatic nitrogens is 1. The highest BCUT2D eigenvalue weighted by atomic mass is 35.5.